The first kappa shape index (κ1) is 37.3. The number of hydrogen-bond acceptors (Lipinski definition) is 8. The van der Waals surface area contributed by atoms with Gasteiger partial charge in [0.05, 0.1) is 6.10 Å². The van der Waals surface area contributed by atoms with E-state index in [2.05, 4.69) is 5.32 Å². The summed E-state index contributed by atoms with van der Waals surface area (Å²) in [4.78, 5) is 34.3. The molecule has 2 N–H and O–H groups in total. The van der Waals surface area contributed by atoms with Gasteiger partial charge in [-0.05, 0) is 25.7 Å². The van der Waals surface area contributed by atoms with Crippen LogP contribution in [0.3, 0.4) is 0 Å². The summed E-state index contributed by atoms with van der Waals surface area (Å²) in [7, 11) is 0. The SMILES string of the molecule is CC(=O)OCC1CC(OC(C)=O)CC(OCCCCCCCCCCCCCCCC(=O)NCCCCCCO)O1. The van der Waals surface area contributed by atoms with E-state index in [4.69, 9.17) is 24.1 Å². The molecule has 0 saturated carbocycles. The Hall–Kier alpha value is -1.71. The molecule has 1 rings (SSSR count). The normalized spacial score (nSPS) is 18.7. The summed E-state index contributed by atoms with van der Waals surface area (Å²) in [5, 5.41) is 11.8. The standard InChI is InChI=1S/C32H59NO8/c1-27(35)39-26-30-24-29(40-28(2)36)25-32(41-30)38-23-19-15-11-9-7-5-3-4-6-8-10-12-16-20-31(37)33-21-17-13-14-18-22-34/h29-30,32,34H,3-26H2,1-2H3,(H,33,37). The first-order valence-corrected chi connectivity index (χ1v) is 16.4. The van der Waals surface area contributed by atoms with E-state index in [1.54, 1.807) is 0 Å². The molecule has 3 unspecified atom stereocenters. The van der Waals surface area contributed by atoms with Crippen LogP contribution in [-0.2, 0) is 33.3 Å². The smallest absolute Gasteiger partial charge is 0.302 e. The average Bonchev–Trinajstić information content (AvgIpc) is 2.93. The summed E-state index contributed by atoms with van der Waals surface area (Å²) < 4.78 is 22.2. The molecule has 0 aromatic rings. The molecule has 0 aromatic heterocycles. The highest BCUT2D eigenvalue weighted by molar-refractivity contribution is 5.75. The summed E-state index contributed by atoms with van der Waals surface area (Å²) in [6.07, 6.45) is 20.2. The van der Waals surface area contributed by atoms with Gasteiger partial charge >= 0.3 is 11.9 Å². The minimum absolute atomic E-state index is 0.141. The molecule has 1 amide bonds. The maximum absolute atomic E-state index is 11.8. The van der Waals surface area contributed by atoms with E-state index in [0.717, 1.165) is 57.9 Å². The van der Waals surface area contributed by atoms with Crippen LogP contribution >= 0.6 is 0 Å². The second-order valence-electron chi connectivity index (χ2n) is 11.4. The molecule has 0 aromatic carbocycles. The van der Waals surface area contributed by atoms with Gasteiger partial charge in [0.25, 0.3) is 0 Å². The number of nitrogens with one attached hydrogen (secondary N) is 1. The van der Waals surface area contributed by atoms with Gasteiger partial charge < -0.3 is 29.4 Å². The molecule has 1 saturated heterocycles. The highest BCUT2D eigenvalue weighted by Crippen LogP contribution is 2.24. The lowest BCUT2D eigenvalue weighted by Gasteiger charge is -2.34. The number of rotatable bonds is 26. The zero-order chi connectivity index (χ0) is 30.0. The van der Waals surface area contributed by atoms with Gasteiger partial charge in [-0.25, -0.2) is 0 Å². The number of esters is 2. The van der Waals surface area contributed by atoms with Crippen LogP contribution in [-0.4, -0.2) is 67.8 Å². The van der Waals surface area contributed by atoms with Crippen molar-refractivity contribution in [3.8, 4) is 0 Å². The van der Waals surface area contributed by atoms with Crippen molar-refractivity contribution in [2.75, 3.05) is 26.4 Å². The number of hydrogen-bond donors (Lipinski definition) is 2. The van der Waals surface area contributed by atoms with Crippen molar-refractivity contribution in [1.29, 1.82) is 0 Å². The van der Waals surface area contributed by atoms with Crippen LogP contribution in [0.2, 0.25) is 0 Å². The number of carbonyl (C=O) groups is 3. The number of aliphatic hydroxyl groups excluding tert-OH is 1. The van der Waals surface area contributed by atoms with Gasteiger partial charge in [-0.15, -0.1) is 0 Å². The fourth-order valence-electron chi connectivity index (χ4n) is 5.14. The first-order valence-electron chi connectivity index (χ1n) is 16.4. The Morgan fingerprint density at radius 2 is 1.29 bits per heavy atom. The summed E-state index contributed by atoms with van der Waals surface area (Å²) >= 11 is 0. The molecule has 0 spiro atoms. The average molecular weight is 586 g/mol. The van der Waals surface area contributed by atoms with Crippen LogP contribution in [0.15, 0.2) is 0 Å². The van der Waals surface area contributed by atoms with Crippen molar-refractivity contribution in [1.82, 2.24) is 5.32 Å². The Morgan fingerprint density at radius 1 is 0.732 bits per heavy atom. The molecule has 9 heteroatoms. The second kappa shape index (κ2) is 26.0. The van der Waals surface area contributed by atoms with Crippen LogP contribution < -0.4 is 5.32 Å². The van der Waals surface area contributed by atoms with Crippen LogP contribution in [0.4, 0.5) is 0 Å². The van der Waals surface area contributed by atoms with E-state index in [1.165, 1.54) is 71.6 Å². The van der Waals surface area contributed by atoms with Gasteiger partial charge in [0.1, 0.15) is 12.7 Å². The molecule has 3 atom stereocenters. The predicted molar refractivity (Wildman–Crippen MR) is 159 cm³/mol. The molecule has 1 aliphatic rings. The number of aliphatic hydroxyl groups is 1. The van der Waals surface area contributed by atoms with E-state index in [1.807, 2.05) is 0 Å². The van der Waals surface area contributed by atoms with Crippen molar-refractivity contribution < 1.29 is 38.4 Å². The van der Waals surface area contributed by atoms with Gasteiger partial charge in [-0.3, -0.25) is 14.4 Å². The van der Waals surface area contributed by atoms with E-state index < -0.39 is 6.29 Å². The number of carbonyl (C=O) groups excluding carboxylic acids is 3. The monoisotopic (exact) mass is 585 g/mol. The van der Waals surface area contributed by atoms with E-state index in [-0.39, 0.29) is 43.3 Å². The molecule has 240 valence electrons. The van der Waals surface area contributed by atoms with Crippen molar-refractivity contribution >= 4 is 17.8 Å². The van der Waals surface area contributed by atoms with Crippen LogP contribution in [0.1, 0.15) is 142 Å². The summed E-state index contributed by atoms with van der Waals surface area (Å²) in [5.41, 5.74) is 0. The number of ether oxygens (including phenoxy) is 4. The molecule has 9 nitrogen and oxygen atoms in total. The largest absolute Gasteiger partial charge is 0.463 e. The topological polar surface area (TPSA) is 120 Å². The van der Waals surface area contributed by atoms with Crippen molar-refractivity contribution in [3.63, 3.8) is 0 Å². The third-order valence-electron chi connectivity index (χ3n) is 7.39. The second-order valence-corrected chi connectivity index (χ2v) is 11.4. The minimum Gasteiger partial charge on any atom is -0.463 e. The zero-order valence-corrected chi connectivity index (χ0v) is 26.0. The van der Waals surface area contributed by atoms with Gasteiger partial charge in [-0.2, -0.15) is 0 Å². The predicted octanol–water partition coefficient (Wildman–Crippen LogP) is 6.13. The lowest BCUT2D eigenvalue weighted by molar-refractivity contribution is -0.229. The van der Waals surface area contributed by atoms with Crippen molar-refractivity contribution in [2.24, 2.45) is 0 Å². The molecule has 1 heterocycles. The van der Waals surface area contributed by atoms with Crippen molar-refractivity contribution in [3.05, 3.63) is 0 Å². The summed E-state index contributed by atoms with van der Waals surface area (Å²) in [6.45, 7) is 4.52. The Morgan fingerprint density at radius 3 is 1.88 bits per heavy atom. The quantitative estimate of drug-likeness (QED) is 0.0918. The fraction of sp³-hybridized carbons (Fsp3) is 0.906. The van der Waals surface area contributed by atoms with Crippen LogP contribution in [0.5, 0.6) is 0 Å². The van der Waals surface area contributed by atoms with Gasteiger partial charge in [-0.1, -0.05) is 83.5 Å². The third-order valence-corrected chi connectivity index (χ3v) is 7.39. The van der Waals surface area contributed by atoms with Gasteiger partial charge in [0.15, 0.2) is 6.29 Å². The Labute approximate surface area is 248 Å². The molecular weight excluding hydrogens is 526 g/mol. The zero-order valence-electron chi connectivity index (χ0n) is 26.0. The summed E-state index contributed by atoms with van der Waals surface area (Å²) in [6, 6.07) is 0. The molecular formula is C32H59NO8. The first-order chi connectivity index (χ1) is 19.9. The lowest BCUT2D eigenvalue weighted by atomic mass is 10.0. The maximum atomic E-state index is 11.8. The van der Waals surface area contributed by atoms with Gasteiger partial charge in [0, 0.05) is 52.9 Å². The maximum Gasteiger partial charge on any atom is 0.302 e. The van der Waals surface area contributed by atoms with Crippen LogP contribution in [0.25, 0.3) is 0 Å². The van der Waals surface area contributed by atoms with Gasteiger partial charge in [0.2, 0.25) is 5.91 Å². The number of unbranched alkanes of at least 4 members (excludes halogenated alkanes) is 15. The Bertz CT molecular complexity index is 674. The highest BCUT2D eigenvalue weighted by Gasteiger charge is 2.32. The molecule has 1 aliphatic heterocycles. The Kier molecular flexibility index (Phi) is 23.6. The number of amides is 1. The highest BCUT2D eigenvalue weighted by atomic mass is 16.7. The van der Waals surface area contributed by atoms with E-state index in [9.17, 15) is 14.4 Å². The molecule has 1 fully saturated rings. The third kappa shape index (κ3) is 23.5. The minimum atomic E-state index is -0.448. The molecule has 0 aliphatic carbocycles. The Balaban J connectivity index is 1.89. The van der Waals surface area contributed by atoms with Crippen molar-refractivity contribution in [2.45, 2.75) is 161 Å². The van der Waals surface area contributed by atoms with Crippen LogP contribution in [0, 0.1) is 0 Å². The summed E-state index contributed by atoms with van der Waals surface area (Å²) in [5.74, 6) is -0.504. The molecule has 0 bridgehead atoms. The van der Waals surface area contributed by atoms with E-state index in [0.29, 0.717) is 25.9 Å². The molecule has 41 heavy (non-hydrogen) atoms. The lowest BCUT2D eigenvalue weighted by Crippen LogP contribution is -2.41. The van der Waals surface area contributed by atoms with E-state index >= 15 is 0 Å². The molecule has 0 radical (unpaired) electrons. The fourth-order valence-corrected chi connectivity index (χ4v) is 5.14.